The van der Waals surface area contributed by atoms with Crippen LogP contribution in [0.2, 0.25) is 0 Å². The van der Waals surface area contributed by atoms with Gasteiger partial charge in [-0.3, -0.25) is 0 Å². The van der Waals surface area contributed by atoms with Crippen molar-refractivity contribution in [1.29, 1.82) is 5.26 Å². The van der Waals surface area contributed by atoms with Crippen molar-refractivity contribution in [2.45, 2.75) is 0 Å². The van der Waals surface area contributed by atoms with E-state index in [-0.39, 0.29) is 62.4 Å². The zero-order chi connectivity index (χ0) is 2.71. The third kappa shape index (κ3) is 2140. The summed E-state index contributed by atoms with van der Waals surface area (Å²) in [5, 5.41) is 8.47. The summed E-state index contributed by atoms with van der Waals surface area (Å²) in [5.74, 6) is 0. The van der Waals surface area contributed by atoms with Crippen LogP contribution in [-0.4, -0.2) is 32.9 Å². The summed E-state index contributed by atoms with van der Waals surface area (Å²) < 4.78 is 0. The van der Waals surface area contributed by atoms with E-state index in [4.69, 9.17) is 5.26 Å². The first-order valence-electron chi connectivity index (χ1n) is 0.428. The van der Waals surface area contributed by atoms with Gasteiger partial charge >= 0.3 is 29.6 Å². The van der Waals surface area contributed by atoms with Crippen molar-refractivity contribution in [1.82, 2.24) is 0 Å². The fraction of sp³-hybridized carbons (Fsp3) is 0. The van der Waals surface area contributed by atoms with Gasteiger partial charge in [-0.1, -0.05) is 5.40 Å². The quantitative estimate of drug-likeness (QED) is 0.206. The van der Waals surface area contributed by atoms with Gasteiger partial charge in [0.2, 0.25) is 0 Å². The molecule has 0 fully saturated rings. The van der Waals surface area contributed by atoms with Gasteiger partial charge in [0.1, 0.15) is 0 Å². The first kappa shape index (κ1) is 154. The van der Waals surface area contributed by atoms with E-state index in [0.29, 0.717) is 0 Å². The van der Waals surface area contributed by atoms with E-state index in [9.17, 15) is 0 Å². The molecule has 64 valence electrons. The van der Waals surface area contributed by atoms with Gasteiger partial charge < -0.3 is 45.5 Å². The van der Waals surface area contributed by atoms with Gasteiger partial charge in [0.25, 0.3) is 0 Å². The second-order valence-corrected chi connectivity index (χ2v) is 0.274. The molecule has 0 radical (unpaired) electrons. The van der Waals surface area contributed by atoms with Crippen LogP contribution in [0.5, 0.6) is 0 Å². The molecule has 0 rings (SSSR count). The minimum atomic E-state index is 0. The Labute approximate surface area is 85.6 Å². The van der Waals surface area contributed by atoms with Gasteiger partial charge in [0.15, 0.2) is 0 Å². The number of nitrogens with zero attached hydrogens (tertiary/aromatic N) is 1. The summed E-state index contributed by atoms with van der Waals surface area (Å²) in [6.45, 7) is 0. The molecule has 0 heterocycles. The SMILES string of the molecule is N#C[S-].O.O.O.O.O.O.[Na+]. The van der Waals surface area contributed by atoms with Crippen molar-refractivity contribution in [3.05, 3.63) is 0 Å². The Morgan fingerprint density at radius 2 is 0.800 bits per heavy atom. The van der Waals surface area contributed by atoms with E-state index in [1.807, 2.05) is 0 Å². The Kier molecular flexibility index (Phi) is 4840. The smallest absolute Gasteiger partial charge is 0.696 e. The molecule has 12 N–H and O–H groups in total. The summed E-state index contributed by atoms with van der Waals surface area (Å²) in [5.41, 5.74) is 0. The first-order valence-corrected chi connectivity index (χ1v) is 0.836. The monoisotopic (exact) mass is 189 g/mol. The third-order valence-electron chi connectivity index (χ3n) is 0. The number of thiocyanates is 1. The minimum Gasteiger partial charge on any atom is -0.696 e. The van der Waals surface area contributed by atoms with Crippen molar-refractivity contribution >= 4 is 12.6 Å². The van der Waals surface area contributed by atoms with Crippen LogP contribution < -0.4 is 29.6 Å². The number of nitriles is 1. The van der Waals surface area contributed by atoms with E-state index in [1.54, 1.807) is 0 Å². The van der Waals surface area contributed by atoms with Crippen molar-refractivity contribution in [3.63, 3.8) is 0 Å². The van der Waals surface area contributed by atoms with Crippen LogP contribution in [0, 0.1) is 10.7 Å². The first-order chi connectivity index (χ1) is 1.41. The van der Waals surface area contributed by atoms with Crippen molar-refractivity contribution < 1.29 is 62.4 Å². The number of rotatable bonds is 0. The summed E-state index contributed by atoms with van der Waals surface area (Å²) in [7, 11) is 0. The van der Waals surface area contributed by atoms with Crippen LogP contribution in [0.1, 0.15) is 0 Å². The number of hydrogen-bond donors (Lipinski definition) is 0. The van der Waals surface area contributed by atoms with Gasteiger partial charge in [-0.15, -0.1) is 0 Å². The molecule has 0 atom stereocenters. The maximum absolute atomic E-state index is 7.13. The van der Waals surface area contributed by atoms with Gasteiger partial charge in [-0.2, -0.15) is 0 Å². The Balaban J connectivity index is -0.000000000952. The molecule has 10 heavy (non-hydrogen) atoms. The number of hydrogen-bond acceptors (Lipinski definition) is 2. The molecular weight excluding hydrogens is 177 g/mol. The molecule has 9 heteroatoms. The fourth-order valence-corrected chi connectivity index (χ4v) is 0. The standard InChI is InChI=1S/CHNS.Na.6H2O/c2-1-3;;;;;;;/h3H;;6*1H2/q;+1;;;;;;/p-1. The van der Waals surface area contributed by atoms with Crippen LogP contribution in [0.4, 0.5) is 0 Å². The predicted octanol–water partition coefficient (Wildman–Crippen LogP) is -7.93. The molecule has 0 spiro atoms. The van der Waals surface area contributed by atoms with Crippen LogP contribution in [0.15, 0.2) is 0 Å². The largest absolute Gasteiger partial charge is 1.00 e. The third-order valence-corrected chi connectivity index (χ3v) is 0. The van der Waals surface area contributed by atoms with E-state index >= 15 is 0 Å². The Bertz CT molecular complexity index is 39.2. The molecule has 0 saturated carbocycles. The molecule has 0 aliphatic carbocycles. The second kappa shape index (κ2) is 314. The Morgan fingerprint density at radius 3 is 0.800 bits per heavy atom. The molecule has 0 unspecified atom stereocenters. The van der Waals surface area contributed by atoms with Crippen LogP contribution >= 0.6 is 0 Å². The zero-order valence-electron chi connectivity index (χ0n) is 5.36. The van der Waals surface area contributed by atoms with E-state index in [2.05, 4.69) is 12.6 Å². The van der Waals surface area contributed by atoms with Crippen LogP contribution in [0.3, 0.4) is 0 Å². The molecule has 0 saturated heterocycles. The maximum atomic E-state index is 7.13. The molecule has 0 bridgehead atoms. The Hall–Kier alpha value is 0.470. The van der Waals surface area contributed by atoms with Gasteiger partial charge in [0, 0.05) is 0 Å². The molecule has 7 nitrogen and oxygen atoms in total. The van der Waals surface area contributed by atoms with E-state index in [1.165, 1.54) is 5.40 Å². The fourth-order valence-electron chi connectivity index (χ4n) is 0. The van der Waals surface area contributed by atoms with Crippen molar-refractivity contribution in [2.75, 3.05) is 0 Å². The van der Waals surface area contributed by atoms with E-state index < -0.39 is 0 Å². The average Bonchev–Trinajstić information content (AvgIpc) is 0.918. The molecule has 0 aliphatic heterocycles. The maximum Gasteiger partial charge on any atom is 1.00 e. The molecule has 0 aromatic carbocycles. The summed E-state index contributed by atoms with van der Waals surface area (Å²) in [4.78, 5) is 0. The van der Waals surface area contributed by atoms with Crippen molar-refractivity contribution in [2.24, 2.45) is 0 Å². The molecule has 0 amide bonds. The average molecular weight is 189 g/mol. The molecule has 0 aromatic rings. The van der Waals surface area contributed by atoms with Crippen molar-refractivity contribution in [3.8, 4) is 5.40 Å². The predicted molar refractivity (Wildman–Crippen MR) is 34.7 cm³/mol. The summed E-state index contributed by atoms with van der Waals surface area (Å²) in [6.07, 6.45) is 0. The normalized spacial score (nSPS) is 0.700. The van der Waals surface area contributed by atoms with Gasteiger partial charge in [0.05, 0.1) is 0 Å². The molecule has 0 aromatic heterocycles. The second-order valence-electron chi connectivity index (χ2n) is 0.0913. The summed E-state index contributed by atoms with van der Waals surface area (Å²) >= 11 is 3.70. The zero-order valence-corrected chi connectivity index (χ0v) is 8.17. The topological polar surface area (TPSA) is 213 Å². The van der Waals surface area contributed by atoms with Crippen LogP contribution in [-0.2, 0) is 12.6 Å². The summed E-state index contributed by atoms with van der Waals surface area (Å²) in [6, 6.07) is 0. The van der Waals surface area contributed by atoms with Gasteiger partial charge in [-0.25, -0.2) is 5.26 Å². The van der Waals surface area contributed by atoms with E-state index in [0.717, 1.165) is 0 Å². The Morgan fingerprint density at radius 1 is 0.800 bits per heavy atom. The minimum absolute atomic E-state index is 0. The molecule has 0 aliphatic rings. The molecular formula is CH12NNaO6S. The van der Waals surface area contributed by atoms with Gasteiger partial charge in [-0.05, 0) is 0 Å². The van der Waals surface area contributed by atoms with Crippen LogP contribution in [0.25, 0.3) is 0 Å².